The maximum Gasteiger partial charge on any atom is 0.404 e. The van der Waals surface area contributed by atoms with Crippen LogP contribution in [0.1, 0.15) is 19.4 Å². The molecule has 0 saturated heterocycles. The van der Waals surface area contributed by atoms with Gasteiger partial charge in [-0.05, 0) is 50.2 Å². The number of para-hydroxylation sites is 1. The molecule has 0 aliphatic carbocycles. The van der Waals surface area contributed by atoms with E-state index in [0.717, 1.165) is 17.1 Å². The lowest BCUT2D eigenvalue weighted by molar-refractivity contribution is -0.145. The van der Waals surface area contributed by atoms with Crippen molar-refractivity contribution in [3.05, 3.63) is 60.2 Å². The maximum absolute atomic E-state index is 10.4. The summed E-state index contributed by atoms with van der Waals surface area (Å²) in [6.45, 7) is 4.52. The Hall–Kier alpha value is -3.10. The Morgan fingerprint density at radius 2 is 1.77 bits per heavy atom. The summed E-state index contributed by atoms with van der Waals surface area (Å²) in [5.74, 6) is 1.24. The van der Waals surface area contributed by atoms with E-state index in [-0.39, 0.29) is 18.8 Å². The van der Waals surface area contributed by atoms with Gasteiger partial charge in [-0.25, -0.2) is 4.79 Å². The van der Waals surface area contributed by atoms with Gasteiger partial charge in [0.1, 0.15) is 24.3 Å². The number of rotatable bonds is 10. The smallest absolute Gasteiger partial charge is 0.404 e. The number of carbonyl (C=O) groups is 2. The summed E-state index contributed by atoms with van der Waals surface area (Å²) >= 11 is 0. The Morgan fingerprint density at radius 3 is 2.37 bits per heavy atom. The van der Waals surface area contributed by atoms with Gasteiger partial charge in [0.15, 0.2) is 0 Å². The molecule has 0 fully saturated rings. The van der Waals surface area contributed by atoms with Crippen LogP contribution in [-0.2, 0) is 20.7 Å². The van der Waals surface area contributed by atoms with Gasteiger partial charge in [0.25, 0.3) is 0 Å². The normalized spacial score (nSPS) is 10.9. The number of esters is 1. The van der Waals surface area contributed by atoms with Crippen LogP contribution in [0.15, 0.2) is 54.6 Å². The summed E-state index contributed by atoms with van der Waals surface area (Å²) in [4.78, 5) is 20.7. The van der Waals surface area contributed by atoms with Crippen LogP contribution in [-0.4, -0.2) is 50.2 Å². The van der Waals surface area contributed by atoms with Gasteiger partial charge in [-0.1, -0.05) is 30.3 Å². The molecule has 2 aromatic carbocycles. The van der Waals surface area contributed by atoms with Crippen molar-refractivity contribution in [3.63, 3.8) is 0 Å². The molecule has 8 heteroatoms. The maximum atomic E-state index is 10.4. The number of hydrogen-bond donors (Lipinski definition) is 3. The van der Waals surface area contributed by atoms with Crippen molar-refractivity contribution >= 4 is 12.1 Å². The van der Waals surface area contributed by atoms with Crippen molar-refractivity contribution < 1.29 is 28.9 Å². The van der Waals surface area contributed by atoms with Crippen LogP contribution in [0.25, 0.3) is 0 Å². The number of benzene rings is 2. The van der Waals surface area contributed by atoms with Crippen molar-refractivity contribution in [1.29, 1.82) is 0 Å². The van der Waals surface area contributed by atoms with Gasteiger partial charge in [-0.2, -0.15) is 0 Å². The van der Waals surface area contributed by atoms with E-state index in [0.29, 0.717) is 19.6 Å². The number of ether oxygens (including phenoxy) is 3. The molecule has 0 spiro atoms. The van der Waals surface area contributed by atoms with Gasteiger partial charge in [0.2, 0.25) is 0 Å². The highest BCUT2D eigenvalue weighted by Crippen LogP contribution is 2.21. The van der Waals surface area contributed by atoms with E-state index in [1.165, 1.54) is 6.92 Å². The lowest BCUT2D eigenvalue weighted by Crippen LogP contribution is -2.33. The first-order chi connectivity index (χ1) is 14.4. The van der Waals surface area contributed by atoms with Gasteiger partial charge in [-0.15, -0.1) is 0 Å². The number of carboxylic acid groups (broad SMARTS) is 1. The van der Waals surface area contributed by atoms with Crippen LogP contribution in [0.5, 0.6) is 11.5 Å². The zero-order valence-corrected chi connectivity index (χ0v) is 17.6. The zero-order chi connectivity index (χ0) is 22.2. The first-order valence-electron chi connectivity index (χ1n) is 9.65. The van der Waals surface area contributed by atoms with E-state index >= 15 is 0 Å². The summed E-state index contributed by atoms with van der Waals surface area (Å²) < 4.78 is 15.6. The average Bonchev–Trinajstić information content (AvgIpc) is 2.72. The lowest BCUT2D eigenvalue weighted by atomic mass is 10.1. The number of nitrogens with one attached hydrogen (secondary N) is 2. The zero-order valence-electron chi connectivity index (χ0n) is 17.6. The van der Waals surface area contributed by atoms with Gasteiger partial charge in [-0.3, -0.25) is 10.1 Å². The fraction of sp³-hybridized carbons (Fsp3) is 0.364. The number of amides is 1. The Kier molecular flexibility index (Phi) is 12.3. The second kappa shape index (κ2) is 14.8. The molecular formula is C22H30N2O6. The van der Waals surface area contributed by atoms with Crippen LogP contribution in [0.3, 0.4) is 0 Å². The van der Waals surface area contributed by atoms with E-state index in [4.69, 9.17) is 19.3 Å². The largest absolute Gasteiger partial charge is 0.465 e. The Labute approximate surface area is 177 Å². The summed E-state index contributed by atoms with van der Waals surface area (Å²) in [6, 6.07) is 17.2. The number of hydrogen-bond acceptors (Lipinski definition) is 6. The summed E-state index contributed by atoms with van der Waals surface area (Å²) in [7, 11) is 1.75. The molecule has 0 heterocycles. The predicted molar refractivity (Wildman–Crippen MR) is 114 cm³/mol. The highest BCUT2D eigenvalue weighted by Gasteiger charge is 2.05. The van der Waals surface area contributed by atoms with E-state index in [2.05, 4.69) is 10.6 Å². The minimum atomic E-state index is -1.00. The molecule has 0 aliphatic heterocycles. The molecule has 3 N–H and O–H groups in total. The van der Waals surface area contributed by atoms with Crippen molar-refractivity contribution in [3.8, 4) is 11.5 Å². The molecule has 30 heavy (non-hydrogen) atoms. The molecular weight excluding hydrogens is 388 g/mol. The second-order valence-electron chi connectivity index (χ2n) is 6.08. The highest BCUT2D eigenvalue weighted by atomic mass is 16.6. The van der Waals surface area contributed by atoms with E-state index in [1.807, 2.05) is 61.5 Å². The van der Waals surface area contributed by atoms with Crippen molar-refractivity contribution in [2.24, 2.45) is 0 Å². The Morgan fingerprint density at radius 1 is 1.07 bits per heavy atom. The molecule has 1 amide bonds. The highest BCUT2D eigenvalue weighted by molar-refractivity contribution is 5.65. The molecule has 0 aromatic heterocycles. The van der Waals surface area contributed by atoms with Crippen LogP contribution in [0, 0.1) is 0 Å². The first-order valence-corrected chi connectivity index (χ1v) is 9.65. The number of likely N-dealkylation sites (N-methyl/N-ethyl adjacent to an activating group) is 1. The van der Waals surface area contributed by atoms with Crippen LogP contribution in [0.4, 0.5) is 4.79 Å². The predicted octanol–water partition coefficient (Wildman–Crippen LogP) is 3.42. The summed E-state index contributed by atoms with van der Waals surface area (Å²) in [5.41, 5.74) is 1.03. The third-order valence-electron chi connectivity index (χ3n) is 3.70. The van der Waals surface area contributed by atoms with Gasteiger partial charge < -0.3 is 24.6 Å². The first kappa shape index (κ1) is 24.9. The van der Waals surface area contributed by atoms with E-state index in [1.54, 1.807) is 7.05 Å². The van der Waals surface area contributed by atoms with Crippen molar-refractivity contribution in [1.82, 2.24) is 10.6 Å². The minimum absolute atomic E-state index is 0.191. The van der Waals surface area contributed by atoms with Gasteiger partial charge in [0.05, 0.1) is 0 Å². The molecule has 0 aliphatic rings. The fourth-order valence-electron chi connectivity index (χ4n) is 2.31. The van der Waals surface area contributed by atoms with E-state index < -0.39 is 6.09 Å². The Bertz CT molecular complexity index is 754. The molecule has 1 atom stereocenters. The van der Waals surface area contributed by atoms with Crippen LogP contribution >= 0.6 is 0 Å². The molecule has 1 unspecified atom stereocenters. The van der Waals surface area contributed by atoms with Crippen LogP contribution in [0.2, 0.25) is 0 Å². The Balaban J connectivity index is 0.000000352. The topological polar surface area (TPSA) is 106 Å². The molecule has 8 nitrogen and oxygen atoms in total. The summed E-state index contributed by atoms with van der Waals surface area (Å²) in [6.07, 6.45) is -0.557. The summed E-state index contributed by atoms with van der Waals surface area (Å²) in [5, 5.41) is 13.7. The van der Waals surface area contributed by atoms with Crippen molar-refractivity contribution in [2.45, 2.75) is 26.5 Å². The molecule has 0 bridgehead atoms. The quantitative estimate of drug-likeness (QED) is 0.401. The molecule has 0 radical (unpaired) electrons. The standard InChI is InChI=1S/C15H15NO3.C7H15NO3/c17-15(18)16-10-9-12-5-4-8-14(11-12)19-13-6-2-1-3-7-13;1-4-10-7(8-3)5-11-6(2)9/h1-8,11,16H,9-10H2,(H,17,18);7-8H,4-5H2,1-3H3. The SMILES string of the molecule is CCOC(COC(C)=O)NC.O=C(O)NCCc1cccc(Oc2ccccc2)c1. The minimum Gasteiger partial charge on any atom is -0.465 e. The molecule has 164 valence electrons. The van der Waals surface area contributed by atoms with Crippen LogP contribution < -0.4 is 15.4 Å². The van der Waals surface area contributed by atoms with Gasteiger partial charge >= 0.3 is 12.1 Å². The van der Waals surface area contributed by atoms with Gasteiger partial charge in [0, 0.05) is 20.1 Å². The average molecular weight is 418 g/mol. The molecule has 2 aromatic rings. The molecule has 2 rings (SSSR count). The lowest BCUT2D eigenvalue weighted by Gasteiger charge is -2.14. The molecule has 0 saturated carbocycles. The third-order valence-corrected chi connectivity index (χ3v) is 3.70. The fourth-order valence-corrected chi connectivity index (χ4v) is 2.31. The van der Waals surface area contributed by atoms with E-state index in [9.17, 15) is 9.59 Å². The van der Waals surface area contributed by atoms with Crippen molar-refractivity contribution in [2.75, 3.05) is 26.8 Å². The third kappa shape index (κ3) is 11.7. The number of carbonyl (C=O) groups excluding carboxylic acids is 1. The second-order valence-corrected chi connectivity index (χ2v) is 6.08. The monoisotopic (exact) mass is 418 g/mol.